The van der Waals surface area contributed by atoms with Gasteiger partial charge in [0.1, 0.15) is 0 Å². The van der Waals surface area contributed by atoms with Crippen LogP contribution in [0.2, 0.25) is 0 Å². The minimum absolute atomic E-state index is 0.173. The Morgan fingerprint density at radius 1 is 1.15 bits per heavy atom. The lowest BCUT2D eigenvalue weighted by molar-refractivity contribution is 0.0931. The van der Waals surface area contributed by atoms with Gasteiger partial charge in [-0.05, 0) is 36.8 Å². The second-order valence-corrected chi connectivity index (χ2v) is 6.07. The molecule has 1 amide bonds. The zero-order valence-corrected chi connectivity index (χ0v) is 14.6. The first-order valence-corrected chi connectivity index (χ1v) is 8.47. The van der Waals surface area contributed by atoms with Crippen molar-refractivity contribution in [3.8, 4) is 17.0 Å². The third kappa shape index (κ3) is 3.62. The van der Waals surface area contributed by atoms with Gasteiger partial charge in [0, 0.05) is 42.1 Å². The van der Waals surface area contributed by atoms with Crippen LogP contribution >= 0.6 is 0 Å². The van der Waals surface area contributed by atoms with E-state index < -0.39 is 0 Å². The highest BCUT2D eigenvalue weighted by Gasteiger charge is 2.16. The zero-order chi connectivity index (χ0) is 18.6. The van der Waals surface area contributed by atoms with Crippen molar-refractivity contribution in [1.82, 2.24) is 25.0 Å². The summed E-state index contributed by atoms with van der Waals surface area (Å²) in [5.74, 6) is 0.214. The van der Waals surface area contributed by atoms with Crippen LogP contribution in [-0.2, 0) is 0 Å². The third-order valence-corrected chi connectivity index (χ3v) is 4.23. The molecule has 1 N–H and O–H groups in total. The number of nitrogens with zero attached hydrogens (tertiary/aromatic N) is 4. The molecule has 4 rings (SSSR count). The van der Waals surface area contributed by atoms with E-state index in [0.717, 1.165) is 16.8 Å². The molecule has 0 saturated heterocycles. The Hall–Kier alpha value is -3.74. The minimum Gasteiger partial charge on any atom is -0.355 e. The standard InChI is InChI=1S/C20H17N5O2/c1-14(15-4-6-17(7-5-15)25-10-9-22-13-25)23-20(26)18-11-19(27-24-18)16-3-2-8-21-12-16/h2-14H,1H3,(H,23,26)/t14-/m1/s1. The van der Waals surface area contributed by atoms with Gasteiger partial charge in [-0.25, -0.2) is 4.98 Å². The van der Waals surface area contributed by atoms with Crippen LogP contribution in [0.3, 0.4) is 0 Å². The molecule has 0 aliphatic carbocycles. The molecule has 4 aromatic rings. The van der Waals surface area contributed by atoms with Crippen molar-refractivity contribution in [3.63, 3.8) is 0 Å². The first kappa shape index (κ1) is 16.7. The van der Waals surface area contributed by atoms with E-state index in [0.29, 0.717) is 5.76 Å². The molecular formula is C20H17N5O2. The largest absolute Gasteiger partial charge is 0.355 e. The van der Waals surface area contributed by atoms with Gasteiger partial charge in [0.25, 0.3) is 5.91 Å². The molecule has 0 unspecified atom stereocenters. The molecule has 0 saturated carbocycles. The van der Waals surface area contributed by atoms with E-state index in [4.69, 9.17) is 4.52 Å². The maximum atomic E-state index is 12.5. The van der Waals surface area contributed by atoms with E-state index in [-0.39, 0.29) is 17.6 Å². The van der Waals surface area contributed by atoms with Crippen LogP contribution in [0.25, 0.3) is 17.0 Å². The summed E-state index contributed by atoms with van der Waals surface area (Å²) in [5.41, 5.74) is 3.00. The first-order valence-electron chi connectivity index (χ1n) is 8.47. The summed E-state index contributed by atoms with van der Waals surface area (Å²) in [6.07, 6.45) is 8.68. The van der Waals surface area contributed by atoms with E-state index in [9.17, 15) is 4.79 Å². The van der Waals surface area contributed by atoms with Gasteiger partial charge in [-0.3, -0.25) is 9.78 Å². The fourth-order valence-electron chi connectivity index (χ4n) is 2.73. The van der Waals surface area contributed by atoms with Crippen LogP contribution < -0.4 is 5.32 Å². The molecule has 0 fully saturated rings. The summed E-state index contributed by atoms with van der Waals surface area (Å²) in [5, 5.41) is 6.80. The number of carbonyl (C=O) groups is 1. The Morgan fingerprint density at radius 2 is 2.00 bits per heavy atom. The number of aromatic nitrogens is 4. The monoisotopic (exact) mass is 359 g/mol. The smallest absolute Gasteiger partial charge is 0.273 e. The maximum Gasteiger partial charge on any atom is 0.273 e. The van der Waals surface area contributed by atoms with Gasteiger partial charge in [-0.1, -0.05) is 17.3 Å². The number of hydrogen-bond acceptors (Lipinski definition) is 5. The van der Waals surface area contributed by atoms with E-state index in [1.54, 1.807) is 37.1 Å². The van der Waals surface area contributed by atoms with Gasteiger partial charge in [-0.2, -0.15) is 0 Å². The molecule has 3 aromatic heterocycles. The number of pyridine rings is 1. The van der Waals surface area contributed by atoms with E-state index in [1.165, 1.54) is 0 Å². The minimum atomic E-state index is -0.292. The molecule has 0 aliphatic rings. The Bertz CT molecular complexity index is 1020. The van der Waals surface area contributed by atoms with Crippen molar-refractivity contribution in [3.05, 3.63) is 84.8 Å². The predicted octanol–water partition coefficient (Wildman–Crippen LogP) is 3.41. The zero-order valence-electron chi connectivity index (χ0n) is 14.6. The molecule has 0 aliphatic heterocycles. The summed E-state index contributed by atoms with van der Waals surface area (Å²) in [6, 6.07) is 13.0. The van der Waals surface area contributed by atoms with Crippen molar-refractivity contribution in [2.24, 2.45) is 0 Å². The average molecular weight is 359 g/mol. The number of imidazole rings is 1. The molecule has 134 valence electrons. The molecule has 7 nitrogen and oxygen atoms in total. The van der Waals surface area contributed by atoms with Gasteiger partial charge >= 0.3 is 0 Å². The van der Waals surface area contributed by atoms with Crippen LogP contribution in [-0.4, -0.2) is 25.6 Å². The van der Waals surface area contributed by atoms with Gasteiger partial charge in [0.15, 0.2) is 11.5 Å². The van der Waals surface area contributed by atoms with Crippen LogP contribution in [0.1, 0.15) is 29.0 Å². The van der Waals surface area contributed by atoms with Crippen molar-refractivity contribution in [2.45, 2.75) is 13.0 Å². The van der Waals surface area contributed by atoms with E-state index >= 15 is 0 Å². The summed E-state index contributed by atoms with van der Waals surface area (Å²) in [4.78, 5) is 20.5. The third-order valence-electron chi connectivity index (χ3n) is 4.23. The maximum absolute atomic E-state index is 12.5. The van der Waals surface area contributed by atoms with Crippen molar-refractivity contribution >= 4 is 5.91 Å². The summed E-state index contributed by atoms with van der Waals surface area (Å²) in [6.45, 7) is 1.92. The lowest BCUT2D eigenvalue weighted by Gasteiger charge is -2.14. The van der Waals surface area contributed by atoms with Crippen molar-refractivity contribution in [1.29, 1.82) is 0 Å². The topological polar surface area (TPSA) is 85.8 Å². The molecule has 0 radical (unpaired) electrons. The lowest BCUT2D eigenvalue weighted by atomic mass is 10.1. The number of nitrogens with one attached hydrogen (secondary N) is 1. The van der Waals surface area contributed by atoms with Crippen LogP contribution in [0.15, 0.2) is 78.1 Å². The van der Waals surface area contributed by atoms with Gasteiger partial charge in [0.05, 0.1) is 12.4 Å². The second-order valence-electron chi connectivity index (χ2n) is 6.07. The SMILES string of the molecule is C[C@@H](NC(=O)c1cc(-c2cccnc2)on1)c1ccc(-n2ccnc2)cc1. The Morgan fingerprint density at radius 3 is 2.70 bits per heavy atom. The number of carbonyl (C=O) groups excluding carboxylic acids is 1. The van der Waals surface area contributed by atoms with Gasteiger partial charge in [-0.15, -0.1) is 0 Å². The molecule has 1 aromatic carbocycles. The van der Waals surface area contributed by atoms with E-state index in [1.807, 2.05) is 48.0 Å². The Balaban J connectivity index is 1.44. The first-order chi connectivity index (χ1) is 13.2. The lowest BCUT2D eigenvalue weighted by Crippen LogP contribution is -2.26. The number of benzene rings is 1. The number of amides is 1. The predicted molar refractivity (Wildman–Crippen MR) is 99.2 cm³/mol. The van der Waals surface area contributed by atoms with Crippen molar-refractivity contribution in [2.75, 3.05) is 0 Å². The summed E-state index contributed by atoms with van der Waals surface area (Å²) >= 11 is 0. The fraction of sp³-hybridized carbons (Fsp3) is 0.100. The number of rotatable bonds is 5. The Labute approximate surface area is 155 Å². The second kappa shape index (κ2) is 7.25. The highest BCUT2D eigenvalue weighted by atomic mass is 16.5. The fourth-order valence-corrected chi connectivity index (χ4v) is 2.73. The molecule has 3 heterocycles. The summed E-state index contributed by atoms with van der Waals surface area (Å²) in [7, 11) is 0. The molecular weight excluding hydrogens is 342 g/mol. The normalized spacial score (nSPS) is 11.9. The summed E-state index contributed by atoms with van der Waals surface area (Å²) < 4.78 is 7.18. The van der Waals surface area contributed by atoms with Gasteiger partial charge in [0.2, 0.25) is 0 Å². The Kier molecular flexibility index (Phi) is 4.49. The van der Waals surface area contributed by atoms with Gasteiger partial charge < -0.3 is 14.4 Å². The van der Waals surface area contributed by atoms with Crippen LogP contribution in [0.5, 0.6) is 0 Å². The molecule has 1 atom stereocenters. The molecule has 0 spiro atoms. The highest BCUT2D eigenvalue weighted by molar-refractivity contribution is 5.93. The number of hydrogen-bond donors (Lipinski definition) is 1. The van der Waals surface area contributed by atoms with Crippen LogP contribution in [0, 0.1) is 0 Å². The highest BCUT2D eigenvalue weighted by Crippen LogP contribution is 2.20. The van der Waals surface area contributed by atoms with E-state index in [2.05, 4.69) is 20.4 Å². The molecule has 0 bridgehead atoms. The van der Waals surface area contributed by atoms with Crippen LogP contribution in [0.4, 0.5) is 0 Å². The average Bonchev–Trinajstić information content (AvgIpc) is 3.41. The quantitative estimate of drug-likeness (QED) is 0.590. The molecule has 27 heavy (non-hydrogen) atoms. The molecule has 7 heteroatoms. The van der Waals surface area contributed by atoms with Crippen molar-refractivity contribution < 1.29 is 9.32 Å².